The van der Waals surface area contributed by atoms with Crippen molar-refractivity contribution >= 4 is 18.8 Å². The van der Waals surface area contributed by atoms with Gasteiger partial charge in [0.2, 0.25) is 6.41 Å². The highest BCUT2D eigenvalue weighted by Gasteiger charge is 2.31. The Balaban J connectivity index is 2.71. The maximum atomic E-state index is 14.2. The Morgan fingerprint density at radius 3 is 2.83 bits per heavy atom. The van der Waals surface area contributed by atoms with Crippen LogP contribution in [0, 0.1) is 5.41 Å². The zero-order valence-electron chi connectivity index (χ0n) is 12.6. The molecule has 126 valence electrons. The van der Waals surface area contributed by atoms with E-state index >= 15 is 0 Å². The van der Waals surface area contributed by atoms with Gasteiger partial charge in [-0.1, -0.05) is 13.2 Å². The van der Waals surface area contributed by atoms with Gasteiger partial charge in [0.15, 0.2) is 0 Å². The van der Waals surface area contributed by atoms with E-state index in [4.69, 9.17) is 15.9 Å². The maximum Gasteiger partial charge on any atom is 0.414 e. The molecule has 4 N–H and O–H groups in total. The third kappa shape index (κ3) is 4.92. The summed E-state index contributed by atoms with van der Waals surface area (Å²) in [5.74, 6) is -0.756. The summed E-state index contributed by atoms with van der Waals surface area (Å²) in [6, 6.07) is 0. The van der Waals surface area contributed by atoms with Crippen molar-refractivity contribution < 1.29 is 18.7 Å². The monoisotopic (exact) mass is 325 g/mol. The summed E-state index contributed by atoms with van der Waals surface area (Å²) in [4.78, 5) is 24.2. The molecule has 1 unspecified atom stereocenters. The van der Waals surface area contributed by atoms with Crippen LogP contribution in [0.5, 0.6) is 0 Å². The third-order valence-corrected chi connectivity index (χ3v) is 3.14. The summed E-state index contributed by atoms with van der Waals surface area (Å²) >= 11 is 0. The van der Waals surface area contributed by atoms with Crippen LogP contribution in [0.1, 0.15) is 0 Å². The normalized spacial score (nSPS) is 17.5. The minimum Gasteiger partial charge on any atom is -0.443 e. The number of halogens is 1. The smallest absolute Gasteiger partial charge is 0.414 e. The molecule has 23 heavy (non-hydrogen) atoms. The van der Waals surface area contributed by atoms with Crippen molar-refractivity contribution in [1.29, 1.82) is 5.41 Å². The second kappa shape index (κ2) is 8.69. The quantitative estimate of drug-likeness (QED) is 0.176. The van der Waals surface area contributed by atoms with Crippen LogP contribution < -0.4 is 11.1 Å². The lowest BCUT2D eigenvalue weighted by atomic mass is 10.2. The van der Waals surface area contributed by atoms with Gasteiger partial charge >= 0.3 is 6.09 Å². The Labute approximate surface area is 133 Å². The molecule has 0 radical (unpaired) electrons. The molecule has 2 amide bonds. The molecule has 1 aliphatic heterocycles. The lowest BCUT2D eigenvalue weighted by molar-refractivity contribution is -0.109. The predicted molar refractivity (Wildman–Crippen MR) is 83.1 cm³/mol. The lowest BCUT2D eigenvalue weighted by Gasteiger charge is -2.20. The molecule has 8 nitrogen and oxygen atoms in total. The second-order valence-corrected chi connectivity index (χ2v) is 4.68. The van der Waals surface area contributed by atoms with Gasteiger partial charge in [-0.25, -0.2) is 9.18 Å². The lowest BCUT2D eigenvalue weighted by Crippen LogP contribution is -2.30. The number of cyclic esters (lactones) is 1. The van der Waals surface area contributed by atoms with Gasteiger partial charge in [-0.05, 0) is 6.08 Å². The van der Waals surface area contributed by atoms with Crippen LogP contribution in [-0.4, -0.2) is 60.9 Å². The number of carbonyl (C=O) groups excluding carboxylic acids is 2. The van der Waals surface area contributed by atoms with E-state index in [2.05, 4.69) is 18.5 Å². The highest BCUT2D eigenvalue weighted by Crippen LogP contribution is 2.21. The molecule has 1 saturated heterocycles. The van der Waals surface area contributed by atoms with Crippen molar-refractivity contribution in [2.45, 2.75) is 6.10 Å². The van der Waals surface area contributed by atoms with Gasteiger partial charge in [-0.3, -0.25) is 15.1 Å². The topological polar surface area (TPSA) is 112 Å². The summed E-state index contributed by atoms with van der Waals surface area (Å²) in [7, 11) is 0. The molecule has 9 heteroatoms. The molecule has 0 aliphatic carbocycles. The average molecular weight is 325 g/mol. The molecular formula is C14H20FN5O3. The van der Waals surface area contributed by atoms with E-state index < -0.39 is 18.0 Å². The molecule has 1 fully saturated rings. The van der Waals surface area contributed by atoms with Gasteiger partial charge in [0.1, 0.15) is 11.9 Å². The number of nitrogens with zero attached hydrogens (tertiary/aromatic N) is 2. The Bertz CT molecular complexity index is 535. The van der Waals surface area contributed by atoms with E-state index in [1.165, 1.54) is 9.80 Å². The first-order valence-corrected chi connectivity index (χ1v) is 6.82. The van der Waals surface area contributed by atoms with Crippen LogP contribution in [0.4, 0.5) is 9.18 Å². The van der Waals surface area contributed by atoms with Gasteiger partial charge in [0.05, 0.1) is 18.6 Å². The van der Waals surface area contributed by atoms with Crippen LogP contribution in [-0.2, 0) is 9.53 Å². The van der Waals surface area contributed by atoms with E-state index in [9.17, 15) is 14.0 Å². The van der Waals surface area contributed by atoms with Gasteiger partial charge < -0.3 is 20.7 Å². The van der Waals surface area contributed by atoms with Crippen molar-refractivity contribution in [2.75, 3.05) is 26.2 Å². The number of nitrogens with two attached hydrogens (primary N) is 1. The molecule has 0 spiro atoms. The van der Waals surface area contributed by atoms with E-state index in [1.54, 1.807) is 0 Å². The third-order valence-electron chi connectivity index (χ3n) is 3.14. The zero-order valence-corrected chi connectivity index (χ0v) is 12.6. The first kappa shape index (κ1) is 18.4. The first-order chi connectivity index (χ1) is 10.9. The Morgan fingerprint density at radius 1 is 1.61 bits per heavy atom. The number of amides is 2. The number of carbonyl (C=O) groups is 2. The van der Waals surface area contributed by atoms with Gasteiger partial charge in [0, 0.05) is 25.3 Å². The second-order valence-electron chi connectivity index (χ2n) is 4.68. The molecule has 0 bridgehead atoms. The fourth-order valence-corrected chi connectivity index (χ4v) is 1.84. The van der Waals surface area contributed by atoms with Crippen molar-refractivity contribution in [3.63, 3.8) is 0 Å². The minimum atomic E-state index is -0.756. The molecule has 0 aromatic rings. The number of hydrogen-bond donors (Lipinski definition) is 3. The molecular weight excluding hydrogens is 305 g/mol. The summed E-state index contributed by atoms with van der Waals surface area (Å²) in [5, 5.41) is 9.66. The Hall–Kier alpha value is -2.68. The van der Waals surface area contributed by atoms with Gasteiger partial charge in [-0.2, -0.15) is 0 Å². The van der Waals surface area contributed by atoms with Crippen molar-refractivity contribution in [3.05, 3.63) is 36.5 Å². The summed E-state index contributed by atoms with van der Waals surface area (Å²) in [5.41, 5.74) is 5.44. The van der Waals surface area contributed by atoms with Crippen LogP contribution in [0.2, 0.25) is 0 Å². The van der Waals surface area contributed by atoms with E-state index in [0.717, 1.165) is 12.4 Å². The fraction of sp³-hybridized carbons (Fsp3) is 0.357. The maximum absolute atomic E-state index is 14.2. The molecule has 0 aromatic heterocycles. The fourth-order valence-electron chi connectivity index (χ4n) is 1.84. The SMILES string of the molecule is C=C(/C(F)=C\C(=C)N1CC(CN)OC1=O)N(C=N)CCNC=O. The summed E-state index contributed by atoms with van der Waals surface area (Å²) in [6.45, 7) is 7.95. The van der Waals surface area contributed by atoms with Gasteiger partial charge in [-0.15, -0.1) is 0 Å². The van der Waals surface area contributed by atoms with Crippen molar-refractivity contribution in [3.8, 4) is 0 Å². The number of nitrogens with one attached hydrogen (secondary N) is 2. The predicted octanol–water partition coefficient (Wildman–Crippen LogP) is 0.302. The highest BCUT2D eigenvalue weighted by atomic mass is 19.1. The van der Waals surface area contributed by atoms with E-state index in [1.807, 2.05) is 0 Å². The summed E-state index contributed by atoms with van der Waals surface area (Å²) in [6.07, 6.45) is 1.34. The average Bonchev–Trinajstić information content (AvgIpc) is 2.92. The molecule has 0 saturated carbocycles. The number of rotatable bonds is 10. The molecule has 1 heterocycles. The number of allylic oxidation sites excluding steroid dienone is 2. The minimum absolute atomic E-state index is 0.0863. The molecule has 1 atom stereocenters. The van der Waals surface area contributed by atoms with Crippen LogP contribution in [0.15, 0.2) is 36.5 Å². The van der Waals surface area contributed by atoms with Crippen molar-refractivity contribution in [2.24, 2.45) is 5.73 Å². The van der Waals surface area contributed by atoms with Crippen LogP contribution >= 0.6 is 0 Å². The van der Waals surface area contributed by atoms with Crippen molar-refractivity contribution in [1.82, 2.24) is 15.1 Å². The number of ether oxygens (including phenoxy) is 1. The van der Waals surface area contributed by atoms with Gasteiger partial charge in [0.25, 0.3) is 0 Å². The van der Waals surface area contributed by atoms with E-state index in [-0.39, 0.29) is 37.6 Å². The van der Waals surface area contributed by atoms with Crippen LogP contribution in [0.3, 0.4) is 0 Å². The Morgan fingerprint density at radius 2 is 2.30 bits per heavy atom. The molecule has 0 aromatic carbocycles. The number of hydrogen-bond acceptors (Lipinski definition) is 5. The molecule has 1 aliphatic rings. The first-order valence-electron chi connectivity index (χ1n) is 6.82. The van der Waals surface area contributed by atoms with E-state index in [0.29, 0.717) is 6.41 Å². The molecule has 1 rings (SSSR count). The largest absolute Gasteiger partial charge is 0.443 e. The standard InChI is InChI=1S/C14H20FN5O3/c1-10(20-7-12(6-16)23-14(20)22)5-13(15)11(2)19(8-17)4-3-18-9-21/h5,8-9,12,17H,1-4,6-7,16H2,(H,18,21)/b13-5+,17-8?. The van der Waals surface area contributed by atoms with Crippen LogP contribution in [0.25, 0.3) is 0 Å². The zero-order chi connectivity index (χ0) is 17.4. The highest BCUT2D eigenvalue weighted by molar-refractivity contribution is 5.73. The summed E-state index contributed by atoms with van der Waals surface area (Å²) < 4.78 is 19.2. The Kier molecular flexibility index (Phi) is 6.94.